The minimum absolute atomic E-state index is 0.0519. The number of amides is 2. The molecule has 4 rings (SSSR count). The zero-order valence-corrected chi connectivity index (χ0v) is 23.5. The average molecular weight is 559 g/mol. The molecule has 40 heavy (non-hydrogen) atoms. The molecule has 0 spiro atoms. The van der Waals surface area contributed by atoms with Gasteiger partial charge in [0.25, 0.3) is 0 Å². The van der Waals surface area contributed by atoms with Gasteiger partial charge in [0.2, 0.25) is 16.9 Å². The van der Waals surface area contributed by atoms with Crippen molar-refractivity contribution < 1.29 is 24.3 Å². The lowest BCUT2D eigenvalue weighted by molar-refractivity contribution is -0.152. The summed E-state index contributed by atoms with van der Waals surface area (Å²) in [5, 5.41) is 11.9. The predicted octanol–water partition coefficient (Wildman–Crippen LogP) is 4.74. The lowest BCUT2D eigenvalue weighted by Crippen LogP contribution is -2.54. The minimum Gasteiger partial charge on any atom is -0.480 e. The number of thioether (sulfide) groups is 1. The Kier molecular flexibility index (Phi) is 9.77. The van der Waals surface area contributed by atoms with Crippen LogP contribution in [0.2, 0.25) is 0 Å². The molecule has 3 atom stereocenters. The van der Waals surface area contributed by atoms with Crippen molar-refractivity contribution in [1.29, 1.82) is 0 Å². The fourth-order valence-corrected chi connectivity index (χ4v) is 5.90. The predicted molar refractivity (Wildman–Crippen MR) is 156 cm³/mol. The SMILES string of the molecule is CC(C)CC(C(=O)O)N1Cc2ccccc2CC(NC(=O)C(Cc2ccccc2)SC(=O)c2ccccc2)C1=O. The van der Waals surface area contributed by atoms with Crippen molar-refractivity contribution in [2.75, 3.05) is 0 Å². The first kappa shape index (κ1) is 29.1. The van der Waals surface area contributed by atoms with Crippen molar-refractivity contribution >= 4 is 34.7 Å². The molecular formula is C32H34N2O5S. The van der Waals surface area contributed by atoms with Gasteiger partial charge in [0.15, 0.2) is 0 Å². The highest BCUT2D eigenvalue weighted by Gasteiger charge is 2.38. The van der Waals surface area contributed by atoms with Gasteiger partial charge in [0.1, 0.15) is 12.1 Å². The maximum Gasteiger partial charge on any atom is 0.326 e. The molecule has 208 valence electrons. The molecule has 0 radical (unpaired) electrons. The van der Waals surface area contributed by atoms with Crippen molar-refractivity contribution in [2.45, 2.75) is 57.0 Å². The summed E-state index contributed by atoms with van der Waals surface area (Å²) in [6.07, 6.45) is 0.824. The quantitative estimate of drug-likeness (QED) is 0.373. The Hall–Kier alpha value is -3.91. The Labute approximate surface area is 239 Å². The van der Waals surface area contributed by atoms with E-state index in [1.807, 2.05) is 74.5 Å². The topological polar surface area (TPSA) is 104 Å². The van der Waals surface area contributed by atoms with E-state index in [4.69, 9.17) is 0 Å². The van der Waals surface area contributed by atoms with E-state index in [-0.39, 0.29) is 24.0 Å². The Morgan fingerprint density at radius 3 is 2.15 bits per heavy atom. The molecule has 7 nitrogen and oxygen atoms in total. The van der Waals surface area contributed by atoms with Gasteiger partial charge in [0, 0.05) is 18.5 Å². The number of carboxylic acid groups (broad SMARTS) is 1. The van der Waals surface area contributed by atoms with E-state index in [0.29, 0.717) is 18.4 Å². The van der Waals surface area contributed by atoms with Crippen LogP contribution < -0.4 is 5.32 Å². The number of aliphatic carboxylic acids is 1. The Morgan fingerprint density at radius 1 is 0.925 bits per heavy atom. The first-order valence-electron chi connectivity index (χ1n) is 13.4. The highest BCUT2D eigenvalue weighted by Crippen LogP contribution is 2.26. The maximum absolute atomic E-state index is 13.9. The van der Waals surface area contributed by atoms with Crippen molar-refractivity contribution in [3.8, 4) is 0 Å². The van der Waals surface area contributed by atoms with Crippen molar-refractivity contribution in [2.24, 2.45) is 5.92 Å². The molecule has 0 bridgehead atoms. The van der Waals surface area contributed by atoms with Gasteiger partial charge in [-0.25, -0.2) is 4.79 Å². The third-order valence-electron chi connectivity index (χ3n) is 6.95. The fourth-order valence-electron chi connectivity index (χ4n) is 4.92. The van der Waals surface area contributed by atoms with Gasteiger partial charge >= 0.3 is 5.97 Å². The van der Waals surface area contributed by atoms with Gasteiger partial charge in [-0.1, -0.05) is 111 Å². The van der Waals surface area contributed by atoms with Gasteiger partial charge in [-0.2, -0.15) is 0 Å². The molecule has 0 aromatic heterocycles. The van der Waals surface area contributed by atoms with Crippen LogP contribution in [-0.4, -0.2) is 50.2 Å². The number of benzene rings is 3. The lowest BCUT2D eigenvalue weighted by Gasteiger charge is -2.31. The van der Waals surface area contributed by atoms with Gasteiger partial charge in [-0.05, 0) is 35.4 Å². The monoisotopic (exact) mass is 558 g/mol. The Balaban J connectivity index is 1.62. The largest absolute Gasteiger partial charge is 0.480 e. The molecule has 2 N–H and O–H groups in total. The zero-order chi connectivity index (χ0) is 28.6. The van der Waals surface area contributed by atoms with Crippen LogP contribution in [0.3, 0.4) is 0 Å². The van der Waals surface area contributed by atoms with Crippen molar-refractivity contribution in [1.82, 2.24) is 10.2 Å². The van der Waals surface area contributed by atoms with Crippen LogP contribution in [0.15, 0.2) is 84.9 Å². The van der Waals surface area contributed by atoms with Crippen LogP contribution in [0, 0.1) is 5.92 Å². The molecule has 0 fully saturated rings. The van der Waals surface area contributed by atoms with Crippen LogP contribution in [0.25, 0.3) is 0 Å². The third-order valence-corrected chi connectivity index (χ3v) is 8.07. The number of hydrogen-bond donors (Lipinski definition) is 2. The van der Waals surface area contributed by atoms with E-state index in [2.05, 4.69) is 5.32 Å². The Bertz CT molecular complexity index is 1350. The molecule has 1 heterocycles. The van der Waals surface area contributed by atoms with Gasteiger partial charge < -0.3 is 15.3 Å². The summed E-state index contributed by atoms with van der Waals surface area (Å²) >= 11 is 0.932. The number of carbonyl (C=O) groups is 4. The second-order valence-corrected chi connectivity index (χ2v) is 11.6. The van der Waals surface area contributed by atoms with Crippen molar-refractivity contribution in [3.05, 3.63) is 107 Å². The summed E-state index contributed by atoms with van der Waals surface area (Å²) in [5.74, 6) is -1.89. The molecule has 8 heteroatoms. The molecule has 3 unspecified atom stereocenters. The number of carboxylic acids is 1. The van der Waals surface area contributed by atoms with Crippen molar-refractivity contribution in [3.63, 3.8) is 0 Å². The summed E-state index contributed by atoms with van der Waals surface area (Å²) in [6.45, 7) is 3.99. The number of nitrogens with one attached hydrogen (secondary N) is 1. The zero-order valence-electron chi connectivity index (χ0n) is 22.7. The van der Waals surface area contributed by atoms with Crippen LogP contribution >= 0.6 is 11.8 Å². The van der Waals surface area contributed by atoms with E-state index in [0.717, 1.165) is 28.5 Å². The van der Waals surface area contributed by atoms with E-state index >= 15 is 0 Å². The molecule has 0 saturated heterocycles. The molecule has 1 aliphatic heterocycles. The molecular weight excluding hydrogens is 524 g/mol. The highest BCUT2D eigenvalue weighted by atomic mass is 32.2. The summed E-state index contributed by atoms with van der Waals surface area (Å²) in [7, 11) is 0. The van der Waals surface area contributed by atoms with Gasteiger partial charge in [0.05, 0.1) is 5.25 Å². The summed E-state index contributed by atoms with van der Waals surface area (Å²) in [6, 6.07) is 23.7. The number of carbonyl (C=O) groups excluding carboxylic acids is 3. The maximum atomic E-state index is 13.9. The van der Waals surface area contributed by atoms with E-state index in [1.54, 1.807) is 24.3 Å². The normalized spacial score (nSPS) is 16.5. The van der Waals surface area contributed by atoms with Crippen LogP contribution in [0.1, 0.15) is 47.3 Å². The lowest BCUT2D eigenvalue weighted by atomic mass is 10.0. The number of fused-ring (bicyclic) bond motifs is 1. The first-order chi connectivity index (χ1) is 19.2. The van der Waals surface area contributed by atoms with E-state index in [1.165, 1.54) is 4.90 Å². The average Bonchev–Trinajstić information content (AvgIpc) is 3.08. The van der Waals surface area contributed by atoms with Crippen LogP contribution in [-0.2, 0) is 33.8 Å². The fraction of sp³-hybridized carbons (Fsp3) is 0.312. The Morgan fingerprint density at radius 2 is 1.52 bits per heavy atom. The molecule has 0 aliphatic carbocycles. The molecule has 3 aromatic rings. The van der Waals surface area contributed by atoms with E-state index < -0.39 is 35.1 Å². The molecule has 3 aromatic carbocycles. The highest BCUT2D eigenvalue weighted by molar-refractivity contribution is 8.15. The van der Waals surface area contributed by atoms with Gasteiger partial charge in [-0.3, -0.25) is 14.4 Å². The number of rotatable bonds is 10. The smallest absolute Gasteiger partial charge is 0.326 e. The summed E-state index contributed by atoms with van der Waals surface area (Å²) < 4.78 is 0. The first-order valence-corrected chi connectivity index (χ1v) is 14.3. The standard InChI is InChI=1S/C32H34N2O5S/c1-21(2)17-27(31(37)38)34-20-25-16-10-9-15-24(25)19-26(30(34)36)33-29(35)28(18-22-11-5-3-6-12-22)40-32(39)23-13-7-4-8-14-23/h3-16,21,26-28H,17-20H2,1-2H3,(H,33,35)(H,37,38). The molecule has 1 aliphatic rings. The van der Waals surface area contributed by atoms with Gasteiger partial charge in [-0.15, -0.1) is 0 Å². The second kappa shape index (κ2) is 13.4. The number of hydrogen-bond acceptors (Lipinski definition) is 5. The van der Waals surface area contributed by atoms with Crippen LogP contribution in [0.4, 0.5) is 0 Å². The van der Waals surface area contributed by atoms with E-state index in [9.17, 15) is 24.3 Å². The number of nitrogens with zero attached hydrogens (tertiary/aromatic N) is 1. The molecule has 2 amide bonds. The summed E-state index contributed by atoms with van der Waals surface area (Å²) in [4.78, 5) is 54.4. The third kappa shape index (κ3) is 7.39. The molecule has 0 saturated carbocycles. The van der Waals surface area contributed by atoms with Crippen LogP contribution in [0.5, 0.6) is 0 Å². The minimum atomic E-state index is -1.07. The second-order valence-electron chi connectivity index (χ2n) is 10.4. The summed E-state index contributed by atoms with van der Waals surface area (Å²) in [5.41, 5.74) is 3.11.